The molecule has 1 unspecified atom stereocenters. The molecule has 0 spiro atoms. The van der Waals surface area contributed by atoms with Crippen LogP contribution in [0.15, 0.2) is 0 Å². The van der Waals surface area contributed by atoms with Crippen LogP contribution in [0.5, 0.6) is 0 Å². The lowest BCUT2D eigenvalue weighted by Gasteiger charge is -2.16. The van der Waals surface area contributed by atoms with Crippen LogP contribution in [-0.2, 0) is 4.74 Å². The molecule has 0 aliphatic carbocycles. The van der Waals surface area contributed by atoms with E-state index in [1.165, 1.54) is 57.8 Å². The first-order chi connectivity index (χ1) is 11.8. The van der Waals surface area contributed by atoms with Gasteiger partial charge in [-0.3, -0.25) is 0 Å². The molecule has 0 heterocycles. The van der Waals surface area contributed by atoms with Crippen molar-refractivity contribution in [1.82, 2.24) is 0 Å². The van der Waals surface area contributed by atoms with Gasteiger partial charge in [0.2, 0.25) is 0 Å². The van der Waals surface area contributed by atoms with E-state index in [1.807, 2.05) is 0 Å². The molecular formula is C22H46O3. The molecule has 0 radical (unpaired) electrons. The summed E-state index contributed by atoms with van der Waals surface area (Å²) < 4.78 is 5.11. The lowest BCUT2D eigenvalue weighted by molar-refractivity contribution is -0.126. The van der Waals surface area contributed by atoms with Crippen molar-refractivity contribution in [2.75, 3.05) is 13.2 Å². The van der Waals surface area contributed by atoms with Gasteiger partial charge >= 0.3 is 0 Å². The van der Waals surface area contributed by atoms with E-state index in [2.05, 4.69) is 34.6 Å². The summed E-state index contributed by atoms with van der Waals surface area (Å²) in [4.78, 5) is 0. The minimum absolute atomic E-state index is 0.317. The van der Waals surface area contributed by atoms with Gasteiger partial charge in [-0.15, -0.1) is 0 Å². The topological polar surface area (TPSA) is 49.7 Å². The molecule has 0 aromatic rings. The van der Waals surface area contributed by atoms with Crippen LogP contribution in [0.2, 0.25) is 0 Å². The maximum absolute atomic E-state index is 9.14. The normalized spacial score (nSPS) is 16.8. The Bertz CT molecular complexity index is 280. The highest BCUT2D eigenvalue weighted by Gasteiger charge is 2.09. The van der Waals surface area contributed by atoms with Gasteiger partial charge in [-0.25, -0.2) is 0 Å². The van der Waals surface area contributed by atoms with Crippen molar-refractivity contribution < 1.29 is 14.9 Å². The third kappa shape index (κ3) is 17.1. The molecule has 3 heteroatoms. The zero-order chi connectivity index (χ0) is 19.1. The molecule has 3 nitrogen and oxygen atoms in total. The molecular weight excluding hydrogens is 312 g/mol. The van der Waals surface area contributed by atoms with Gasteiger partial charge in [-0.05, 0) is 30.1 Å². The third-order valence-electron chi connectivity index (χ3n) is 5.34. The molecule has 0 bridgehead atoms. The van der Waals surface area contributed by atoms with Crippen LogP contribution in [0, 0.1) is 23.7 Å². The highest BCUT2D eigenvalue weighted by Crippen LogP contribution is 2.22. The highest BCUT2D eigenvalue weighted by molar-refractivity contribution is 4.61. The van der Waals surface area contributed by atoms with Crippen LogP contribution in [0.3, 0.4) is 0 Å². The average molecular weight is 359 g/mol. The van der Waals surface area contributed by atoms with Crippen molar-refractivity contribution in [3.05, 3.63) is 0 Å². The van der Waals surface area contributed by atoms with Crippen molar-refractivity contribution in [2.45, 2.75) is 105 Å². The molecule has 0 saturated carbocycles. The highest BCUT2D eigenvalue weighted by atomic mass is 16.6. The minimum atomic E-state index is -1.01. The Morgan fingerprint density at radius 2 is 1.04 bits per heavy atom. The Balaban J connectivity index is 3.52. The maximum Gasteiger partial charge on any atom is 0.177 e. The monoisotopic (exact) mass is 358 g/mol. The number of rotatable bonds is 17. The molecule has 4 atom stereocenters. The first kappa shape index (κ1) is 24.9. The second-order valence-corrected chi connectivity index (χ2v) is 8.80. The van der Waals surface area contributed by atoms with Crippen LogP contribution in [0.1, 0.15) is 98.8 Å². The predicted molar refractivity (Wildman–Crippen MR) is 108 cm³/mol. The van der Waals surface area contributed by atoms with Crippen LogP contribution in [0.4, 0.5) is 0 Å². The van der Waals surface area contributed by atoms with Gasteiger partial charge < -0.3 is 14.9 Å². The molecule has 0 aliphatic heterocycles. The second kappa shape index (κ2) is 16.1. The summed E-state index contributed by atoms with van der Waals surface area (Å²) in [5.41, 5.74) is 0. The molecule has 0 aliphatic rings. The molecule has 0 fully saturated rings. The lowest BCUT2D eigenvalue weighted by Crippen LogP contribution is -2.18. The summed E-state index contributed by atoms with van der Waals surface area (Å²) in [6.45, 7) is 11.9. The summed E-state index contributed by atoms with van der Waals surface area (Å²) in [5.74, 6) is 3.20. The second-order valence-electron chi connectivity index (χ2n) is 8.80. The maximum atomic E-state index is 9.14. The third-order valence-corrected chi connectivity index (χ3v) is 5.34. The van der Waals surface area contributed by atoms with E-state index in [-0.39, 0.29) is 6.61 Å². The van der Waals surface area contributed by atoms with E-state index in [0.29, 0.717) is 12.5 Å². The quantitative estimate of drug-likeness (QED) is 0.324. The van der Waals surface area contributed by atoms with Gasteiger partial charge in [-0.2, -0.15) is 0 Å². The Hall–Kier alpha value is -0.120. The fourth-order valence-corrected chi connectivity index (χ4v) is 3.40. The van der Waals surface area contributed by atoms with Gasteiger partial charge in [0.05, 0.1) is 13.2 Å². The van der Waals surface area contributed by atoms with Gasteiger partial charge in [0.1, 0.15) is 0 Å². The van der Waals surface area contributed by atoms with Gasteiger partial charge in [0.25, 0.3) is 0 Å². The van der Waals surface area contributed by atoms with Crippen molar-refractivity contribution in [2.24, 2.45) is 23.7 Å². The molecule has 2 N–H and O–H groups in total. The van der Waals surface area contributed by atoms with Gasteiger partial charge in [0, 0.05) is 0 Å². The minimum Gasteiger partial charge on any atom is -0.391 e. The van der Waals surface area contributed by atoms with E-state index in [4.69, 9.17) is 14.9 Å². The van der Waals surface area contributed by atoms with E-state index < -0.39 is 6.29 Å². The molecule has 0 aromatic heterocycles. The number of aliphatic hydroxyl groups excluding tert-OH is 2. The summed E-state index contributed by atoms with van der Waals surface area (Å²) >= 11 is 0. The van der Waals surface area contributed by atoms with Crippen LogP contribution in [0.25, 0.3) is 0 Å². The van der Waals surface area contributed by atoms with E-state index in [1.54, 1.807) is 0 Å². The summed E-state index contributed by atoms with van der Waals surface area (Å²) in [7, 11) is 0. The van der Waals surface area contributed by atoms with E-state index in [9.17, 15) is 0 Å². The Kier molecular flexibility index (Phi) is 16.0. The fraction of sp³-hybridized carbons (Fsp3) is 1.00. The summed E-state index contributed by atoms with van der Waals surface area (Å²) in [6.07, 6.45) is 12.1. The Labute approximate surface area is 157 Å². The van der Waals surface area contributed by atoms with Crippen LogP contribution < -0.4 is 0 Å². The zero-order valence-corrected chi connectivity index (χ0v) is 17.7. The van der Waals surface area contributed by atoms with Crippen molar-refractivity contribution >= 4 is 0 Å². The van der Waals surface area contributed by atoms with Crippen LogP contribution >= 0.6 is 0 Å². The number of hydrogen-bond donors (Lipinski definition) is 2. The SMILES string of the molecule is CC(C)CCC[C@H](C)CCC[C@H](C)CCCC(C)CCO[C@H](O)CO. The first-order valence-corrected chi connectivity index (χ1v) is 10.8. The first-order valence-electron chi connectivity index (χ1n) is 10.8. The molecule has 25 heavy (non-hydrogen) atoms. The van der Waals surface area contributed by atoms with E-state index >= 15 is 0 Å². The zero-order valence-electron chi connectivity index (χ0n) is 17.7. The number of ether oxygens (including phenoxy) is 1. The molecule has 0 saturated heterocycles. The number of aliphatic hydroxyl groups is 2. The smallest absolute Gasteiger partial charge is 0.177 e. The molecule has 152 valence electrons. The fourth-order valence-electron chi connectivity index (χ4n) is 3.40. The summed E-state index contributed by atoms with van der Waals surface area (Å²) in [5, 5.41) is 17.8. The largest absolute Gasteiger partial charge is 0.391 e. The van der Waals surface area contributed by atoms with Gasteiger partial charge in [-0.1, -0.05) is 92.4 Å². The Morgan fingerprint density at radius 3 is 1.44 bits per heavy atom. The van der Waals surface area contributed by atoms with Crippen LogP contribution in [-0.4, -0.2) is 29.7 Å². The summed E-state index contributed by atoms with van der Waals surface area (Å²) in [6, 6.07) is 0. The molecule has 0 rings (SSSR count). The standard InChI is InChI=1S/C22H46O3/c1-18(2)9-6-10-19(3)11-7-12-20(4)13-8-14-21(5)15-16-25-22(24)17-23/h18-24H,6-17H2,1-5H3/t19-,20-,21?,22-/m0/s1. The lowest BCUT2D eigenvalue weighted by atomic mass is 9.91. The average Bonchev–Trinajstić information content (AvgIpc) is 2.54. The predicted octanol–water partition coefficient (Wildman–Crippen LogP) is 5.78. The van der Waals surface area contributed by atoms with Crippen molar-refractivity contribution in [3.63, 3.8) is 0 Å². The number of hydrogen-bond acceptors (Lipinski definition) is 3. The van der Waals surface area contributed by atoms with Crippen molar-refractivity contribution in [3.8, 4) is 0 Å². The molecule has 0 amide bonds. The Morgan fingerprint density at radius 1 is 0.640 bits per heavy atom. The van der Waals surface area contributed by atoms with E-state index in [0.717, 1.165) is 24.2 Å². The van der Waals surface area contributed by atoms with Gasteiger partial charge in [0.15, 0.2) is 6.29 Å². The molecule has 0 aromatic carbocycles. The van der Waals surface area contributed by atoms with Crippen molar-refractivity contribution in [1.29, 1.82) is 0 Å².